The van der Waals surface area contributed by atoms with E-state index in [2.05, 4.69) is 4.99 Å². The molecular formula is C19H16Cl4F6N2Si. The van der Waals surface area contributed by atoms with Gasteiger partial charge in [-0.3, -0.25) is 0 Å². The Morgan fingerprint density at radius 1 is 0.875 bits per heavy atom. The molecule has 0 heterocycles. The summed E-state index contributed by atoms with van der Waals surface area (Å²) in [7, 11) is 0. The van der Waals surface area contributed by atoms with Gasteiger partial charge in [-0.15, -0.1) is 33.2 Å². The first kappa shape index (κ1) is 27.1. The zero-order valence-electron chi connectivity index (χ0n) is 16.7. The van der Waals surface area contributed by atoms with E-state index in [-0.39, 0.29) is 16.3 Å². The molecule has 0 aliphatic carbocycles. The smallest absolute Gasteiger partial charge is 0.315 e. The molecule has 0 bridgehead atoms. The molecule has 0 aromatic heterocycles. The summed E-state index contributed by atoms with van der Waals surface area (Å²) in [5.74, 6) is -0.775. The topological polar surface area (TPSA) is 15.6 Å². The largest absolute Gasteiger partial charge is 0.460 e. The highest BCUT2D eigenvalue weighted by Gasteiger charge is 2.58. The van der Waals surface area contributed by atoms with Gasteiger partial charge >= 0.3 is 18.5 Å². The molecule has 0 amide bonds. The van der Waals surface area contributed by atoms with Crippen molar-refractivity contribution in [1.82, 2.24) is 0 Å². The van der Waals surface area contributed by atoms with Crippen LogP contribution in [0.3, 0.4) is 0 Å². The fourth-order valence-corrected chi connectivity index (χ4v) is 5.83. The molecule has 0 aliphatic rings. The number of nitrogens with zero attached hydrogens (tertiary/aromatic N) is 2. The number of halogens is 10. The zero-order chi connectivity index (χ0) is 24.6. The van der Waals surface area contributed by atoms with Crippen LogP contribution in [-0.4, -0.2) is 30.4 Å². The molecule has 0 unspecified atom stereocenters. The van der Waals surface area contributed by atoms with Crippen molar-refractivity contribution < 1.29 is 26.3 Å². The van der Waals surface area contributed by atoms with Crippen LogP contribution >= 0.6 is 44.8 Å². The molecule has 32 heavy (non-hydrogen) atoms. The van der Waals surface area contributed by atoms with E-state index in [1.54, 1.807) is 32.9 Å². The van der Waals surface area contributed by atoms with E-state index in [0.717, 1.165) is 10.1 Å². The van der Waals surface area contributed by atoms with Crippen molar-refractivity contribution in [3.63, 3.8) is 0 Å². The number of rotatable bonds is 4. The highest BCUT2D eigenvalue weighted by molar-refractivity contribution is 7.66. The molecule has 0 spiro atoms. The van der Waals surface area contributed by atoms with Crippen molar-refractivity contribution >= 4 is 62.5 Å². The predicted molar refractivity (Wildman–Crippen MR) is 120 cm³/mol. The summed E-state index contributed by atoms with van der Waals surface area (Å²) in [4.78, 5) is 3.10. The molecule has 0 fully saturated rings. The van der Waals surface area contributed by atoms with E-state index < -0.39 is 30.4 Å². The number of aliphatic imine (C=N–C) groups is 1. The van der Waals surface area contributed by atoms with Crippen LogP contribution in [0.25, 0.3) is 0 Å². The molecule has 0 saturated heterocycles. The maximum absolute atomic E-state index is 13.4. The van der Waals surface area contributed by atoms with Gasteiger partial charge in [0.2, 0.25) is 6.04 Å². The average Bonchev–Trinajstić information content (AvgIpc) is 2.57. The number of hydrogen-bond donors (Lipinski definition) is 0. The highest BCUT2D eigenvalue weighted by Crippen LogP contribution is 2.40. The van der Waals surface area contributed by atoms with Crippen molar-refractivity contribution in [2.75, 3.05) is 4.57 Å². The summed E-state index contributed by atoms with van der Waals surface area (Å²) in [6.07, 6.45) is -15.7. The van der Waals surface area contributed by atoms with Crippen molar-refractivity contribution in [1.29, 1.82) is 0 Å². The Morgan fingerprint density at radius 2 is 1.31 bits per heavy atom. The van der Waals surface area contributed by atoms with E-state index in [1.807, 2.05) is 0 Å². The number of amidine groups is 1. The van der Waals surface area contributed by atoms with Crippen molar-refractivity contribution in [3.8, 4) is 0 Å². The first-order chi connectivity index (χ1) is 14.4. The molecule has 0 radical (unpaired) electrons. The zero-order valence-corrected chi connectivity index (χ0v) is 20.7. The Balaban J connectivity index is 2.94. The molecule has 0 atom stereocenters. The van der Waals surface area contributed by atoms with Crippen LogP contribution in [0, 0.1) is 20.8 Å². The van der Waals surface area contributed by atoms with Crippen LogP contribution in [0.4, 0.5) is 32.0 Å². The quantitative estimate of drug-likeness (QED) is 0.122. The first-order valence-electron chi connectivity index (χ1n) is 8.85. The lowest BCUT2D eigenvalue weighted by atomic mass is 10.0. The molecule has 0 aliphatic heterocycles. The first-order valence-corrected chi connectivity index (χ1v) is 14.2. The highest BCUT2D eigenvalue weighted by atomic mass is 35.8. The Bertz CT molecular complexity index is 964. The number of benzene rings is 2. The van der Waals surface area contributed by atoms with Crippen LogP contribution in [0.15, 0.2) is 41.4 Å². The third-order valence-corrected chi connectivity index (χ3v) is 7.01. The number of anilines is 1. The predicted octanol–water partition coefficient (Wildman–Crippen LogP) is 8.16. The van der Waals surface area contributed by atoms with Crippen molar-refractivity contribution in [2.24, 2.45) is 4.99 Å². The molecule has 2 nitrogen and oxygen atoms in total. The van der Waals surface area contributed by atoms with Crippen LogP contribution in [0.2, 0.25) is 5.02 Å². The lowest BCUT2D eigenvalue weighted by Crippen LogP contribution is -2.49. The number of alkyl halides is 6. The van der Waals surface area contributed by atoms with E-state index in [0.29, 0.717) is 11.1 Å². The molecule has 2 aromatic carbocycles. The minimum Gasteiger partial charge on any atom is -0.315 e. The number of hydrogen-bond acceptors (Lipinski definition) is 1. The molecule has 2 rings (SSSR count). The maximum atomic E-state index is 13.4. The van der Waals surface area contributed by atoms with Gasteiger partial charge in [0.15, 0.2) is 0 Å². The summed E-state index contributed by atoms with van der Waals surface area (Å²) in [6.45, 7) is 4.99. The van der Waals surface area contributed by atoms with Gasteiger partial charge in [-0.1, -0.05) is 29.3 Å². The van der Waals surface area contributed by atoms with E-state index in [1.165, 1.54) is 24.3 Å². The van der Waals surface area contributed by atoms with Crippen LogP contribution in [0.1, 0.15) is 22.3 Å². The van der Waals surface area contributed by atoms with Crippen LogP contribution in [-0.2, 0) is 0 Å². The van der Waals surface area contributed by atoms with Gasteiger partial charge < -0.3 is 4.57 Å². The van der Waals surface area contributed by atoms with Gasteiger partial charge in [-0.05, 0) is 56.2 Å². The molecule has 176 valence electrons. The Morgan fingerprint density at radius 3 is 1.69 bits per heavy atom. The van der Waals surface area contributed by atoms with Gasteiger partial charge in [0.25, 0.3) is 0 Å². The third kappa shape index (κ3) is 6.47. The third-order valence-electron chi connectivity index (χ3n) is 4.30. The SMILES string of the molecule is Cc1cc(C)c(N(C(=NC(C(F)(F)F)C(F)(F)F)c2ccc(Cl)cc2)[Si](Cl)(Cl)Cl)c(C)c1. The minimum atomic E-state index is -5.73. The van der Waals surface area contributed by atoms with E-state index in [4.69, 9.17) is 44.8 Å². The summed E-state index contributed by atoms with van der Waals surface area (Å²) in [5.41, 5.74) is 1.81. The fraction of sp³-hybridized carbons (Fsp3) is 0.316. The number of aryl methyl sites for hydroxylation is 3. The Kier molecular flexibility index (Phi) is 8.15. The summed E-state index contributed by atoms with van der Waals surface area (Å²) in [6, 6.07) is 4.31. The van der Waals surface area contributed by atoms with E-state index >= 15 is 0 Å². The lowest BCUT2D eigenvalue weighted by molar-refractivity contribution is -0.247. The average molecular weight is 556 g/mol. The Labute approximate surface area is 200 Å². The van der Waals surface area contributed by atoms with Crippen LogP contribution < -0.4 is 4.57 Å². The summed E-state index contributed by atoms with van der Waals surface area (Å²) < 4.78 is 81.1. The molecule has 0 saturated carbocycles. The van der Waals surface area contributed by atoms with E-state index in [9.17, 15) is 26.3 Å². The monoisotopic (exact) mass is 554 g/mol. The molecule has 2 aromatic rings. The maximum Gasteiger partial charge on any atom is 0.460 e. The second-order valence-corrected chi connectivity index (χ2v) is 15.5. The second-order valence-electron chi connectivity index (χ2n) is 7.00. The van der Waals surface area contributed by atoms with Gasteiger partial charge in [0.05, 0.1) is 0 Å². The van der Waals surface area contributed by atoms with Gasteiger partial charge in [0.1, 0.15) is 5.84 Å². The summed E-state index contributed by atoms with van der Waals surface area (Å²) >= 11 is 24.5. The van der Waals surface area contributed by atoms with Crippen molar-refractivity contribution in [2.45, 2.75) is 39.2 Å². The normalized spacial score (nSPS) is 13.6. The van der Waals surface area contributed by atoms with Gasteiger partial charge in [-0.25, -0.2) is 4.99 Å². The minimum absolute atomic E-state index is 0.133. The molecule has 13 heteroatoms. The fourth-order valence-electron chi connectivity index (χ4n) is 3.19. The lowest BCUT2D eigenvalue weighted by Gasteiger charge is -2.35. The van der Waals surface area contributed by atoms with Gasteiger partial charge in [-0.2, -0.15) is 26.3 Å². The Hall–Kier alpha value is -1.13. The molecule has 0 N–H and O–H groups in total. The van der Waals surface area contributed by atoms with Gasteiger partial charge in [0, 0.05) is 16.3 Å². The van der Waals surface area contributed by atoms with Crippen molar-refractivity contribution in [3.05, 3.63) is 63.7 Å². The second kappa shape index (κ2) is 9.62. The summed E-state index contributed by atoms with van der Waals surface area (Å²) in [5, 5.41) is 0.205. The van der Waals surface area contributed by atoms with Crippen LogP contribution in [0.5, 0.6) is 0 Å². The molecular weight excluding hydrogens is 540 g/mol. The standard InChI is InChI=1S/C19H16Cl4F6N2Si/c1-10-8-11(2)15(12(3)9-10)31(32(21,22)23)16(13-4-6-14(20)7-5-13)30-17(18(24,25)26)19(27,28)29/h4-9,17H,1-3H3.